The molecule has 0 radical (unpaired) electrons. The Hall–Kier alpha value is -3.44. The molecule has 0 fully saturated rings. The van der Waals surface area contributed by atoms with Crippen LogP contribution in [0.5, 0.6) is 5.75 Å². The first-order valence-electron chi connectivity index (χ1n) is 13.2. The Morgan fingerprint density at radius 1 is 1.12 bits per heavy atom. The van der Waals surface area contributed by atoms with Crippen molar-refractivity contribution in [1.29, 1.82) is 5.53 Å². The number of thioether (sulfide) groups is 1. The van der Waals surface area contributed by atoms with Crippen LogP contribution >= 0.6 is 35.0 Å². The van der Waals surface area contributed by atoms with Crippen molar-refractivity contribution in [3.8, 4) is 11.4 Å². The molecule has 0 aliphatic rings. The Morgan fingerprint density at radius 3 is 2.57 bits per heavy atom. The molecule has 12 heteroatoms. The van der Waals surface area contributed by atoms with E-state index < -0.39 is 5.41 Å². The average Bonchev–Trinajstić information content (AvgIpc) is 3.41. The van der Waals surface area contributed by atoms with Gasteiger partial charge in [0.1, 0.15) is 18.2 Å². The molecular formula is C30H32Cl2FN7OS. The predicted octanol–water partition coefficient (Wildman–Crippen LogP) is 7.58. The van der Waals surface area contributed by atoms with Crippen molar-refractivity contribution in [2.45, 2.75) is 37.1 Å². The number of ether oxygens (including phenoxy) is 1. The van der Waals surface area contributed by atoms with Crippen LogP contribution in [0, 0.1) is 11.3 Å². The van der Waals surface area contributed by atoms with Gasteiger partial charge in [0.25, 0.3) is 0 Å². The monoisotopic (exact) mass is 627 g/mol. The Bertz CT molecular complexity index is 1570. The van der Waals surface area contributed by atoms with Crippen LogP contribution in [0.25, 0.3) is 5.69 Å². The molecule has 220 valence electrons. The highest BCUT2D eigenvalue weighted by atomic mass is 35.5. The smallest absolute Gasteiger partial charge is 0.173 e. The second-order valence-electron chi connectivity index (χ2n) is 9.90. The summed E-state index contributed by atoms with van der Waals surface area (Å²) >= 11 is 14.1. The topological polar surface area (TPSA) is 114 Å². The fourth-order valence-electron chi connectivity index (χ4n) is 4.41. The van der Waals surface area contributed by atoms with Crippen molar-refractivity contribution in [2.24, 2.45) is 16.1 Å². The third kappa shape index (κ3) is 7.30. The van der Waals surface area contributed by atoms with Crippen molar-refractivity contribution in [2.75, 3.05) is 19.7 Å². The van der Waals surface area contributed by atoms with Gasteiger partial charge in [0.2, 0.25) is 0 Å². The van der Waals surface area contributed by atoms with Crippen LogP contribution in [0.2, 0.25) is 10.0 Å². The van der Waals surface area contributed by atoms with E-state index in [4.69, 9.17) is 44.2 Å². The van der Waals surface area contributed by atoms with Gasteiger partial charge >= 0.3 is 0 Å². The van der Waals surface area contributed by atoms with Gasteiger partial charge in [-0.2, -0.15) is 5.53 Å². The predicted molar refractivity (Wildman–Crippen MR) is 168 cm³/mol. The van der Waals surface area contributed by atoms with Crippen LogP contribution < -0.4 is 15.8 Å². The summed E-state index contributed by atoms with van der Waals surface area (Å²) in [6.45, 7) is 8.16. The van der Waals surface area contributed by atoms with Crippen LogP contribution in [0.1, 0.15) is 43.2 Å². The van der Waals surface area contributed by atoms with Crippen molar-refractivity contribution in [3.05, 3.63) is 105 Å². The van der Waals surface area contributed by atoms with Gasteiger partial charge in [-0.25, -0.2) is 9.37 Å². The molecule has 4 rings (SSSR count). The highest BCUT2D eigenvalue weighted by Crippen LogP contribution is 2.38. The van der Waals surface area contributed by atoms with E-state index in [1.807, 2.05) is 48.0 Å². The Morgan fingerprint density at radius 2 is 1.88 bits per heavy atom. The molecule has 4 N–H and O–H groups in total. The molecule has 3 aromatic carbocycles. The second kappa shape index (κ2) is 14.2. The number of benzene rings is 3. The highest BCUT2D eigenvalue weighted by molar-refractivity contribution is 7.98. The number of amidine groups is 1. The van der Waals surface area contributed by atoms with Crippen molar-refractivity contribution in [1.82, 2.24) is 14.9 Å². The van der Waals surface area contributed by atoms with Gasteiger partial charge in [-0.05, 0) is 66.2 Å². The van der Waals surface area contributed by atoms with E-state index in [9.17, 15) is 4.39 Å². The number of nitrogens with zero attached hydrogens (tertiary/aromatic N) is 4. The normalized spacial score (nSPS) is 12.0. The van der Waals surface area contributed by atoms with Gasteiger partial charge in [-0.15, -0.1) is 5.10 Å². The van der Waals surface area contributed by atoms with Crippen LogP contribution in [0.15, 0.2) is 82.3 Å². The van der Waals surface area contributed by atoms with Crippen LogP contribution in [-0.4, -0.2) is 35.1 Å². The fourth-order valence-corrected chi connectivity index (χ4v) is 5.64. The van der Waals surface area contributed by atoms with Crippen LogP contribution in [0.3, 0.4) is 0 Å². The van der Waals surface area contributed by atoms with Crippen molar-refractivity contribution >= 4 is 40.8 Å². The maximum Gasteiger partial charge on any atom is 0.173 e. The number of aromatic nitrogens is 2. The lowest BCUT2D eigenvalue weighted by Crippen LogP contribution is -2.23. The Labute approximate surface area is 259 Å². The molecule has 0 bridgehead atoms. The van der Waals surface area contributed by atoms with E-state index in [0.717, 1.165) is 34.2 Å². The third-order valence-corrected chi connectivity index (χ3v) is 8.49. The summed E-state index contributed by atoms with van der Waals surface area (Å²) in [7, 11) is 0. The van der Waals surface area contributed by atoms with Gasteiger partial charge in [0.05, 0.1) is 27.5 Å². The quantitative estimate of drug-likeness (QED) is 0.0353. The number of nitrogens with two attached hydrogens (primary N) is 1. The largest absolute Gasteiger partial charge is 0.491 e. The molecule has 0 amide bonds. The van der Waals surface area contributed by atoms with Crippen LogP contribution in [-0.2, 0) is 11.2 Å². The first-order chi connectivity index (χ1) is 20.1. The van der Waals surface area contributed by atoms with Crippen LogP contribution in [0.4, 0.5) is 4.39 Å². The number of imidazole rings is 1. The molecular weight excluding hydrogens is 596 g/mol. The molecule has 0 atom stereocenters. The van der Waals surface area contributed by atoms with E-state index in [-0.39, 0.29) is 11.7 Å². The highest BCUT2D eigenvalue weighted by Gasteiger charge is 2.30. The Kier molecular flexibility index (Phi) is 10.6. The summed E-state index contributed by atoms with van der Waals surface area (Å²) in [6.07, 6.45) is 1.83. The summed E-state index contributed by atoms with van der Waals surface area (Å²) < 4.78 is 21.8. The van der Waals surface area contributed by atoms with E-state index in [1.165, 1.54) is 23.9 Å². The molecule has 0 saturated carbocycles. The molecule has 4 aromatic rings. The zero-order valence-electron chi connectivity index (χ0n) is 23.5. The molecule has 1 aromatic heterocycles. The van der Waals surface area contributed by atoms with Gasteiger partial charge < -0.3 is 15.8 Å². The first-order valence-corrected chi connectivity index (χ1v) is 15.0. The Balaban J connectivity index is 1.68. The lowest BCUT2D eigenvalue weighted by molar-refractivity contribution is 0.315. The summed E-state index contributed by atoms with van der Waals surface area (Å²) in [4.78, 5) is 4.78. The molecule has 0 saturated heterocycles. The summed E-state index contributed by atoms with van der Waals surface area (Å²) in [5.41, 5.74) is 16.8. The van der Waals surface area contributed by atoms with Gasteiger partial charge in [0, 0.05) is 23.4 Å². The number of likely N-dealkylation sites (N-methyl/N-ethyl adjacent to an activating group) is 1. The minimum Gasteiger partial charge on any atom is -0.491 e. The van der Waals surface area contributed by atoms with E-state index in [1.54, 1.807) is 18.2 Å². The standard InChI is InChI=1S/C30H32Cl2FN7OS/c1-4-36-13-14-41-26-12-5-19(15-23(26)28(34)38-39-35)18-42-29-37-17-27(40(29)22-9-7-21(33)8-10-22)30(2,3)20-6-11-24(31)25(32)16-20/h5-12,15-17,36H,4,13-14,18H2,1-3H3,(H3,34,35,38). The molecule has 0 spiro atoms. The van der Waals surface area contributed by atoms with E-state index >= 15 is 0 Å². The minimum atomic E-state index is -0.516. The number of nitrogens with one attached hydrogen (secondary N) is 2. The molecule has 0 unspecified atom stereocenters. The van der Waals surface area contributed by atoms with Gasteiger partial charge in [0.15, 0.2) is 11.0 Å². The number of rotatable bonds is 13. The summed E-state index contributed by atoms with van der Waals surface area (Å²) in [5.74, 6) is 0.872. The van der Waals surface area contributed by atoms with Crippen molar-refractivity contribution < 1.29 is 9.13 Å². The molecule has 0 aliphatic heterocycles. The zero-order valence-corrected chi connectivity index (χ0v) is 25.8. The lowest BCUT2D eigenvalue weighted by Gasteiger charge is -2.28. The van der Waals surface area contributed by atoms with Gasteiger partial charge in [-0.1, -0.05) is 73.1 Å². The van der Waals surface area contributed by atoms with E-state index in [0.29, 0.717) is 40.3 Å². The number of hydrogen-bond acceptors (Lipinski definition) is 6. The fraction of sp³-hybridized carbons (Fsp3) is 0.267. The number of hydrogen-bond donors (Lipinski definition) is 3. The summed E-state index contributed by atoms with van der Waals surface area (Å²) in [6, 6.07) is 17.6. The minimum absolute atomic E-state index is 0.0915. The number of halogens is 3. The first kappa shape index (κ1) is 31.5. The summed E-state index contributed by atoms with van der Waals surface area (Å²) in [5, 5.41) is 11.7. The average molecular weight is 629 g/mol. The molecule has 42 heavy (non-hydrogen) atoms. The maximum atomic E-state index is 13.9. The van der Waals surface area contributed by atoms with E-state index in [2.05, 4.69) is 29.5 Å². The zero-order chi connectivity index (χ0) is 30.3. The third-order valence-electron chi connectivity index (χ3n) is 6.73. The molecule has 8 nitrogen and oxygen atoms in total. The second-order valence-corrected chi connectivity index (χ2v) is 11.7. The lowest BCUT2D eigenvalue weighted by atomic mass is 9.81. The van der Waals surface area contributed by atoms with Crippen molar-refractivity contribution in [3.63, 3.8) is 0 Å². The molecule has 1 heterocycles. The SMILES string of the molecule is CCNCCOc1ccc(CSc2ncc(C(C)(C)c3ccc(Cl)c(Cl)c3)n2-c2ccc(F)cc2)cc1C(N)=NN=N. The maximum absolute atomic E-state index is 13.9. The van der Waals surface area contributed by atoms with Gasteiger partial charge in [-0.3, -0.25) is 4.57 Å². The molecule has 0 aliphatic carbocycles.